The molecular weight excluding hydrogens is 537 g/mol. The lowest BCUT2D eigenvalue weighted by Gasteiger charge is -2.20. The number of thioether (sulfide) groups is 1. The Hall–Kier alpha value is -2.91. The van der Waals surface area contributed by atoms with Crippen LogP contribution in [-0.2, 0) is 13.0 Å². The molecule has 0 radical (unpaired) electrons. The van der Waals surface area contributed by atoms with E-state index < -0.39 is 0 Å². The summed E-state index contributed by atoms with van der Waals surface area (Å²) < 4.78 is 7.61. The van der Waals surface area contributed by atoms with E-state index in [-0.39, 0.29) is 5.75 Å². The van der Waals surface area contributed by atoms with Crippen molar-refractivity contribution in [2.24, 2.45) is 14.4 Å². The number of phenols is 1. The van der Waals surface area contributed by atoms with Gasteiger partial charge in [0.25, 0.3) is 0 Å². The Balaban J connectivity index is 1.68. The highest BCUT2D eigenvalue weighted by atomic mass is 32.2. The number of hydrogen-bond donors (Lipinski definition) is 1. The van der Waals surface area contributed by atoms with Crippen molar-refractivity contribution in [1.82, 2.24) is 14.5 Å². The van der Waals surface area contributed by atoms with Crippen LogP contribution < -0.4 is 5.62 Å². The van der Waals surface area contributed by atoms with Gasteiger partial charge in [0, 0.05) is 22.8 Å². The zero-order chi connectivity index (χ0) is 28.4. The number of fused-ring (bicyclic) bond motifs is 1. The summed E-state index contributed by atoms with van der Waals surface area (Å²) >= 11 is 3.26. The number of benzene rings is 2. The molecule has 1 aliphatic carbocycles. The molecule has 40 heavy (non-hydrogen) atoms. The average molecular weight is 575 g/mol. The lowest BCUT2D eigenvalue weighted by Crippen LogP contribution is -2.30. The number of rotatable bonds is 5. The lowest BCUT2D eigenvalue weighted by molar-refractivity contribution is 0.474. The summed E-state index contributed by atoms with van der Waals surface area (Å²) in [6.07, 6.45) is 7.30. The minimum atomic E-state index is 0.269. The van der Waals surface area contributed by atoms with Crippen LogP contribution >= 0.6 is 23.7 Å². The van der Waals surface area contributed by atoms with Gasteiger partial charge < -0.3 is 5.11 Å². The first-order chi connectivity index (χ1) is 19.2. The number of hydrogen-bond acceptors (Lipinski definition) is 8. The first-order valence-electron chi connectivity index (χ1n) is 14.1. The molecule has 2 heterocycles. The quantitative estimate of drug-likeness (QED) is 0.318. The molecule has 3 aromatic rings. The van der Waals surface area contributed by atoms with Crippen molar-refractivity contribution in [2.45, 2.75) is 91.9 Å². The van der Waals surface area contributed by atoms with E-state index >= 15 is 0 Å². The van der Waals surface area contributed by atoms with Gasteiger partial charge in [-0.25, -0.2) is 9.56 Å². The molecule has 210 valence electrons. The molecular formula is C31H38N6OS2. The molecule has 0 unspecified atom stereocenters. The fourth-order valence-corrected chi connectivity index (χ4v) is 7.68. The topological polar surface area (TPSA) is 88.0 Å². The third-order valence-corrected chi connectivity index (χ3v) is 9.90. The Morgan fingerprint density at radius 2 is 1.62 bits per heavy atom. The van der Waals surface area contributed by atoms with E-state index in [1.165, 1.54) is 49.6 Å². The molecule has 1 saturated carbocycles. The van der Waals surface area contributed by atoms with Crippen LogP contribution in [-0.4, -0.2) is 35.1 Å². The molecule has 0 bridgehead atoms. The number of nitrogens with zero attached hydrogens (tertiary/aromatic N) is 6. The molecule has 2 aromatic carbocycles. The zero-order valence-corrected chi connectivity index (χ0v) is 25.9. The van der Waals surface area contributed by atoms with Gasteiger partial charge in [0.2, 0.25) is 11.6 Å². The molecule has 9 heteroatoms. The average Bonchev–Trinajstić information content (AvgIpc) is 3.06. The van der Waals surface area contributed by atoms with E-state index in [0.29, 0.717) is 29.2 Å². The Bertz CT molecular complexity index is 1520. The zero-order valence-electron chi connectivity index (χ0n) is 24.3. The molecule has 1 aliphatic heterocycles. The third-order valence-electron chi connectivity index (χ3n) is 7.69. The van der Waals surface area contributed by atoms with E-state index in [2.05, 4.69) is 32.9 Å². The summed E-state index contributed by atoms with van der Waals surface area (Å²) in [4.78, 5) is 20.2. The molecule has 7 nitrogen and oxygen atoms in total. The minimum Gasteiger partial charge on any atom is -0.508 e. The van der Waals surface area contributed by atoms with Crippen molar-refractivity contribution in [2.75, 3.05) is 0 Å². The van der Waals surface area contributed by atoms with E-state index in [0.717, 1.165) is 50.0 Å². The molecule has 0 atom stereocenters. The van der Waals surface area contributed by atoms with Crippen LogP contribution in [0, 0.1) is 27.7 Å². The predicted molar refractivity (Wildman–Crippen MR) is 169 cm³/mol. The van der Waals surface area contributed by atoms with Crippen molar-refractivity contribution in [3.8, 4) is 17.1 Å². The van der Waals surface area contributed by atoms with Crippen molar-refractivity contribution in [1.29, 1.82) is 0 Å². The van der Waals surface area contributed by atoms with E-state index in [4.69, 9.17) is 24.4 Å². The number of aryl methyl sites for hydroxylation is 5. The number of aliphatic imine (C=N–C) groups is 1. The first-order valence-corrected chi connectivity index (χ1v) is 15.8. The van der Waals surface area contributed by atoms with Crippen molar-refractivity contribution < 1.29 is 5.11 Å². The van der Waals surface area contributed by atoms with Gasteiger partial charge >= 0.3 is 0 Å². The fourth-order valence-electron chi connectivity index (χ4n) is 5.59. The van der Waals surface area contributed by atoms with Crippen LogP contribution in [0.2, 0.25) is 0 Å². The van der Waals surface area contributed by atoms with Crippen molar-refractivity contribution >= 4 is 39.9 Å². The molecule has 0 spiro atoms. The Labute approximate surface area is 245 Å². The van der Waals surface area contributed by atoms with E-state index in [1.807, 2.05) is 37.1 Å². The highest BCUT2D eigenvalue weighted by Crippen LogP contribution is 2.35. The molecule has 5 rings (SSSR count). The smallest absolute Gasteiger partial charge is 0.241 e. The second-order valence-electron chi connectivity index (χ2n) is 10.8. The maximum Gasteiger partial charge on any atom is 0.241 e. The van der Waals surface area contributed by atoms with Crippen LogP contribution in [0.1, 0.15) is 79.3 Å². The second-order valence-corrected chi connectivity index (χ2v) is 13.1. The summed E-state index contributed by atoms with van der Waals surface area (Å²) in [5.41, 5.74) is 8.21. The second kappa shape index (κ2) is 12.3. The van der Waals surface area contributed by atoms with Gasteiger partial charge in [-0.2, -0.15) is 19.4 Å². The summed E-state index contributed by atoms with van der Waals surface area (Å²) in [7, 11) is 0. The summed E-state index contributed by atoms with van der Waals surface area (Å²) in [6, 6.07) is 8.00. The summed E-state index contributed by atoms with van der Waals surface area (Å²) in [6.45, 7) is 12.8. The largest absolute Gasteiger partial charge is 0.508 e. The van der Waals surface area contributed by atoms with Gasteiger partial charge in [-0.1, -0.05) is 50.1 Å². The maximum atomic E-state index is 10.0. The molecule has 1 N–H and O–H groups in total. The molecule has 0 amide bonds. The SMILES string of the molecule is CCc1cc(C)c(-c2nc3n(/c(=N\Cc4c(C)cc(O)cc4C)n2)C(C)=NSC(SC2CCCCC2)=N3)c(C)c1. The van der Waals surface area contributed by atoms with E-state index in [9.17, 15) is 5.11 Å². The fraction of sp³-hybridized carbons (Fsp3) is 0.452. The first kappa shape index (κ1) is 28.6. The molecule has 0 saturated heterocycles. The van der Waals surface area contributed by atoms with Gasteiger partial charge in [-0.3, -0.25) is 0 Å². The summed E-state index contributed by atoms with van der Waals surface area (Å²) in [5.74, 6) is 2.21. The van der Waals surface area contributed by atoms with Gasteiger partial charge in [-0.15, -0.1) is 0 Å². The Morgan fingerprint density at radius 3 is 2.27 bits per heavy atom. The van der Waals surface area contributed by atoms with Gasteiger partial charge in [0.05, 0.1) is 6.54 Å². The lowest BCUT2D eigenvalue weighted by atomic mass is 9.98. The third kappa shape index (κ3) is 6.20. The number of aromatic nitrogens is 3. The Morgan fingerprint density at radius 1 is 0.950 bits per heavy atom. The highest BCUT2D eigenvalue weighted by molar-refractivity contribution is 8.38. The van der Waals surface area contributed by atoms with Gasteiger partial charge in [0.1, 0.15) is 11.6 Å². The monoisotopic (exact) mass is 574 g/mol. The van der Waals surface area contributed by atoms with Crippen LogP contribution in [0.5, 0.6) is 5.75 Å². The molecule has 1 aromatic heterocycles. The van der Waals surface area contributed by atoms with E-state index in [1.54, 1.807) is 12.1 Å². The van der Waals surface area contributed by atoms with Crippen LogP contribution in [0.3, 0.4) is 0 Å². The Kier molecular flexibility index (Phi) is 8.80. The van der Waals surface area contributed by atoms with Crippen molar-refractivity contribution in [3.63, 3.8) is 0 Å². The molecule has 2 aliphatic rings. The van der Waals surface area contributed by atoms with Gasteiger partial charge in [-0.05, 0) is 99.4 Å². The number of phenolic OH excluding ortho intramolecular Hbond substituents is 1. The summed E-state index contributed by atoms with van der Waals surface area (Å²) in [5, 5.41) is 10.6. The minimum absolute atomic E-state index is 0.269. The standard InChI is InChI=1S/C31H38N6OS2/c1-7-23-13-20(4)27(21(5)14-23)28-33-29(32-17-26-18(2)15-24(38)16-19(26)3)37-22(6)36-40-31(35-30(37)34-28)39-25-11-9-8-10-12-25/h13-16,25,38H,7-12,17H2,1-6H3/b32-29-. The predicted octanol–water partition coefficient (Wildman–Crippen LogP) is 7.53. The maximum absolute atomic E-state index is 10.0. The van der Waals surface area contributed by atoms with Crippen molar-refractivity contribution in [3.05, 3.63) is 63.3 Å². The van der Waals surface area contributed by atoms with Gasteiger partial charge in [0.15, 0.2) is 10.2 Å². The highest BCUT2D eigenvalue weighted by Gasteiger charge is 2.22. The van der Waals surface area contributed by atoms with Crippen LogP contribution in [0.25, 0.3) is 11.4 Å². The van der Waals surface area contributed by atoms with Crippen LogP contribution in [0.15, 0.2) is 38.6 Å². The molecule has 1 fully saturated rings. The van der Waals surface area contributed by atoms with Crippen LogP contribution in [0.4, 0.5) is 5.95 Å². The normalized spacial score (nSPS) is 16.4. The number of aromatic hydroxyl groups is 1.